The number of likely N-dealkylation sites (tertiary alicyclic amines) is 1. The molecule has 6 aromatic rings. The number of halogens is 2. The fourth-order valence-corrected chi connectivity index (χ4v) is 9.37. The lowest BCUT2D eigenvalue weighted by Gasteiger charge is -2.25. The molecule has 1 fully saturated rings. The number of methoxy groups -OCH3 is 2. The molecule has 3 heterocycles. The highest BCUT2D eigenvalue weighted by Gasteiger charge is 2.28. The van der Waals surface area contributed by atoms with Crippen LogP contribution in [0.25, 0.3) is 33.9 Å². The maximum Gasteiger partial charge on any atom is 0.312 e. The number of amides is 2. The number of carbonyl (C=O) groups excluding carboxylic acids is 3. The van der Waals surface area contributed by atoms with E-state index in [4.69, 9.17) is 18.9 Å². The molecule has 0 spiro atoms. The van der Waals surface area contributed by atoms with Crippen LogP contribution >= 0.6 is 0 Å². The first kappa shape index (κ1) is 64.7. The molecule has 1 aliphatic rings. The van der Waals surface area contributed by atoms with Crippen LogP contribution in [0.2, 0.25) is 0 Å². The van der Waals surface area contributed by atoms with Gasteiger partial charge < -0.3 is 44.7 Å². The smallest absolute Gasteiger partial charge is 0.312 e. The zero-order chi connectivity index (χ0) is 59.9. The standard InChI is InChI=1S/C32H39FN4O6.C28H34FN3O5.C2H6/c1-21(2)18-23(19-29(38)39)34-32(41)25-20-26(37(35-25)24-12-10-22(33)11-13-24)31-27(42-3)8-7-9-28(31)43-30(40)14-17-36-15-5-4-6-16-36;1-5-6-14-37-25-9-7-8-24(36-4)27(25)23-17-22(31-32(23)21-12-10-19(29)11-13-21)28(35)30-20(15-18(2)3)16-26(33)34;1-2/h7-13,20-21,23H,4-6,14-19H2,1-3H3,(H,34,41)(H,38,39);7-13,17-18,20H,5-6,14-16H2,1-4H3,(H,30,35)(H,33,34);1-2H3. The summed E-state index contributed by atoms with van der Waals surface area (Å²) in [6, 6.07) is 23.8. The number of piperidine rings is 1. The quantitative estimate of drug-likeness (QED) is 0.0225. The summed E-state index contributed by atoms with van der Waals surface area (Å²) in [6.45, 7) is 16.9. The van der Waals surface area contributed by atoms with Gasteiger partial charge in [-0.1, -0.05) is 73.4 Å². The van der Waals surface area contributed by atoms with Gasteiger partial charge in [0.05, 0.1) is 74.0 Å². The van der Waals surface area contributed by atoms with Gasteiger partial charge in [-0.2, -0.15) is 10.2 Å². The number of unbranched alkanes of at least 4 members (excludes halogenated alkanes) is 1. The number of esters is 1. The van der Waals surface area contributed by atoms with Crippen molar-refractivity contribution < 1.29 is 61.9 Å². The van der Waals surface area contributed by atoms with E-state index in [1.54, 1.807) is 49.6 Å². The SMILES string of the molecule is CC.CCCCOc1cccc(OC)c1-c1cc(C(=O)NC(CC(=O)O)CC(C)C)nn1-c1ccc(F)cc1.COc1cccc(OC(=O)CCN2CCCCC2)c1-c1cc(C(=O)NC(CC(=O)O)CC(C)C)nn1-c1ccc(F)cc1. The Bertz CT molecular complexity index is 3030. The molecule has 18 nitrogen and oxygen atoms in total. The van der Waals surface area contributed by atoms with Gasteiger partial charge in [0.1, 0.15) is 34.6 Å². The molecule has 0 radical (unpaired) electrons. The van der Waals surface area contributed by atoms with Gasteiger partial charge in [-0.3, -0.25) is 24.0 Å². The van der Waals surface area contributed by atoms with Crippen molar-refractivity contribution in [3.05, 3.63) is 120 Å². The number of hydrogen-bond acceptors (Lipinski definition) is 12. The number of carboxylic acids is 2. The number of carboxylic acid groups (broad SMARTS) is 2. The second kappa shape index (κ2) is 32.3. The van der Waals surface area contributed by atoms with Crippen LogP contribution in [0.4, 0.5) is 8.78 Å². The van der Waals surface area contributed by atoms with Gasteiger partial charge >= 0.3 is 17.9 Å². The molecule has 442 valence electrons. The van der Waals surface area contributed by atoms with Gasteiger partial charge in [0.2, 0.25) is 0 Å². The molecule has 2 amide bonds. The molecule has 4 aromatic carbocycles. The summed E-state index contributed by atoms with van der Waals surface area (Å²) in [4.78, 5) is 64.7. The predicted molar refractivity (Wildman–Crippen MR) is 309 cm³/mol. The third-order valence-electron chi connectivity index (χ3n) is 13.0. The Morgan fingerprint density at radius 1 is 0.622 bits per heavy atom. The number of carbonyl (C=O) groups is 5. The van der Waals surface area contributed by atoms with Crippen molar-refractivity contribution in [2.24, 2.45) is 11.8 Å². The number of benzene rings is 4. The van der Waals surface area contributed by atoms with Gasteiger partial charge in [0.25, 0.3) is 11.8 Å². The van der Waals surface area contributed by atoms with Crippen molar-refractivity contribution in [2.75, 3.05) is 40.5 Å². The summed E-state index contributed by atoms with van der Waals surface area (Å²) < 4.78 is 53.7. The molecule has 2 unspecified atom stereocenters. The largest absolute Gasteiger partial charge is 0.496 e. The van der Waals surface area contributed by atoms with Crippen LogP contribution in [0.3, 0.4) is 0 Å². The molecule has 0 saturated carbocycles. The highest BCUT2D eigenvalue weighted by atomic mass is 19.1. The van der Waals surface area contributed by atoms with Crippen LogP contribution < -0.4 is 29.6 Å². The second-order valence-corrected chi connectivity index (χ2v) is 20.4. The van der Waals surface area contributed by atoms with Gasteiger partial charge in [-0.15, -0.1) is 0 Å². The van der Waals surface area contributed by atoms with E-state index >= 15 is 0 Å². The summed E-state index contributed by atoms with van der Waals surface area (Å²) in [7, 11) is 3.03. The number of rotatable bonds is 26. The summed E-state index contributed by atoms with van der Waals surface area (Å²) in [5.41, 5.74) is 2.94. The van der Waals surface area contributed by atoms with Crippen LogP contribution in [-0.4, -0.2) is 117 Å². The van der Waals surface area contributed by atoms with Crippen molar-refractivity contribution in [3.8, 4) is 56.9 Å². The maximum atomic E-state index is 13.8. The fraction of sp³-hybridized carbons (Fsp3) is 0.435. The van der Waals surface area contributed by atoms with E-state index in [1.165, 1.54) is 65.4 Å². The minimum Gasteiger partial charge on any atom is -0.496 e. The second-order valence-electron chi connectivity index (χ2n) is 20.4. The van der Waals surface area contributed by atoms with Crippen molar-refractivity contribution in [1.82, 2.24) is 35.1 Å². The maximum absolute atomic E-state index is 13.8. The molecule has 0 bridgehead atoms. The van der Waals surface area contributed by atoms with Crippen LogP contribution in [-0.2, 0) is 14.4 Å². The molecule has 1 saturated heterocycles. The molecule has 82 heavy (non-hydrogen) atoms. The third-order valence-corrected chi connectivity index (χ3v) is 13.0. The van der Waals surface area contributed by atoms with Crippen LogP contribution in [0, 0.1) is 23.5 Å². The van der Waals surface area contributed by atoms with E-state index in [9.17, 15) is 43.0 Å². The van der Waals surface area contributed by atoms with Gasteiger partial charge in [-0.25, -0.2) is 18.1 Å². The molecule has 4 N–H and O–H groups in total. The first-order chi connectivity index (χ1) is 39.4. The average molecular weight is 1140 g/mol. The lowest BCUT2D eigenvalue weighted by molar-refractivity contribution is -0.138. The first-order valence-corrected chi connectivity index (χ1v) is 28.1. The molecule has 1 aliphatic heterocycles. The Morgan fingerprint density at radius 2 is 1.05 bits per heavy atom. The van der Waals surface area contributed by atoms with Crippen molar-refractivity contribution >= 4 is 29.7 Å². The minimum absolute atomic E-state index is 0.00625. The van der Waals surface area contributed by atoms with E-state index in [-0.39, 0.29) is 48.2 Å². The Hall–Kier alpha value is -8.13. The summed E-state index contributed by atoms with van der Waals surface area (Å²) in [5.74, 6) is -2.32. The summed E-state index contributed by atoms with van der Waals surface area (Å²) in [5, 5.41) is 33.3. The van der Waals surface area contributed by atoms with E-state index < -0.39 is 53.4 Å². The molecular formula is C62H79F2N7O11. The molecular weight excluding hydrogens is 1060 g/mol. The molecule has 2 aromatic heterocycles. The Kier molecular flexibility index (Phi) is 25.5. The first-order valence-electron chi connectivity index (χ1n) is 28.1. The molecule has 2 atom stereocenters. The third kappa shape index (κ3) is 19.0. The monoisotopic (exact) mass is 1140 g/mol. The zero-order valence-corrected chi connectivity index (χ0v) is 48.5. The van der Waals surface area contributed by atoms with Crippen LogP contribution in [0.15, 0.2) is 97.1 Å². The Labute approximate surface area is 479 Å². The summed E-state index contributed by atoms with van der Waals surface area (Å²) >= 11 is 0. The number of aliphatic carboxylic acids is 2. The topological polar surface area (TPSA) is 226 Å². The van der Waals surface area contributed by atoms with Crippen LogP contribution in [0.5, 0.6) is 23.0 Å². The molecule has 7 rings (SSSR count). The van der Waals surface area contributed by atoms with Gasteiger partial charge in [-0.05, 0) is 142 Å². The van der Waals surface area contributed by atoms with Gasteiger partial charge in [0.15, 0.2) is 11.4 Å². The van der Waals surface area contributed by atoms with Crippen molar-refractivity contribution in [3.63, 3.8) is 0 Å². The van der Waals surface area contributed by atoms with Crippen LogP contribution in [0.1, 0.15) is 134 Å². The van der Waals surface area contributed by atoms with Crippen molar-refractivity contribution in [2.45, 2.75) is 125 Å². The summed E-state index contributed by atoms with van der Waals surface area (Å²) in [6.07, 6.45) is 6.01. The lowest BCUT2D eigenvalue weighted by atomic mass is 10.0. The average Bonchev–Trinajstić information content (AvgIpc) is 3.27. The number of nitrogens with zero attached hydrogens (tertiary/aromatic N) is 5. The van der Waals surface area contributed by atoms with E-state index in [1.807, 2.05) is 53.7 Å². The number of aromatic nitrogens is 4. The number of nitrogens with one attached hydrogen (secondary N) is 2. The van der Waals surface area contributed by atoms with E-state index in [0.717, 1.165) is 38.8 Å². The molecule has 0 aliphatic carbocycles. The lowest BCUT2D eigenvalue weighted by Crippen LogP contribution is -2.37. The fourth-order valence-electron chi connectivity index (χ4n) is 9.37. The highest BCUT2D eigenvalue weighted by Crippen LogP contribution is 2.42. The minimum atomic E-state index is -1.02. The van der Waals surface area contributed by atoms with E-state index in [0.29, 0.717) is 77.1 Å². The Morgan fingerprint density at radius 3 is 1.46 bits per heavy atom. The van der Waals surface area contributed by atoms with Gasteiger partial charge in [0, 0.05) is 18.6 Å². The Balaban J connectivity index is 0.000000295. The molecule has 20 heteroatoms. The normalized spacial score (nSPS) is 12.9. The van der Waals surface area contributed by atoms with Crippen molar-refractivity contribution in [1.29, 1.82) is 0 Å². The number of hydrogen-bond donors (Lipinski definition) is 4. The zero-order valence-electron chi connectivity index (χ0n) is 48.5. The van der Waals surface area contributed by atoms with E-state index in [2.05, 4.69) is 32.7 Å². The predicted octanol–water partition coefficient (Wildman–Crippen LogP) is 11.6. The number of ether oxygens (including phenoxy) is 4. The highest BCUT2D eigenvalue weighted by molar-refractivity contribution is 5.96.